The van der Waals surface area contributed by atoms with E-state index in [2.05, 4.69) is 5.32 Å². The molecular weight excluding hydrogens is 242 g/mol. The van der Waals surface area contributed by atoms with Crippen molar-refractivity contribution in [2.75, 3.05) is 14.2 Å². The van der Waals surface area contributed by atoms with Crippen LogP contribution in [0.1, 0.15) is 31.2 Å². The van der Waals surface area contributed by atoms with Gasteiger partial charge in [0.1, 0.15) is 11.5 Å². The number of rotatable bonds is 5. The molecule has 2 N–H and O–H groups in total. The molecule has 0 bridgehead atoms. The van der Waals surface area contributed by atoms with Gasteiger partial charge < -0.3 is 19.9 Å². The Morgan fingerprint density at radius 3 is 2.42 bits per heavy atom. The predicted molar refractivity (Wildman–Crippen MR) is 74.6 cm³/mol. The molecule has 2 atom stereocenters. The van der Waals surface area contributed by atoms with E-state index in [1.54, 1.807) is 14.2 Å². The van der Waals surface area contributed by atoms with Crippen molar-refractivity contribution in [2.24, 2.45) is 0 Å². The molecule has 1 aromatic rings. The Balaban J connectivity index is 1.94. The van der Waals surface area contributed by atoms with Gasteiger partial charge in [0.25, 0.3) is 0 Å². The van der Waals surface area contributed by atoms with E-state index in [1.807, 2.05) is 18.2 Å². The van der Waals surface area contributed by atoms with Crippen molar-refractivity contribution in [1.29, 1.82) is 0 Å². The van der Waals surface area contributed by atoms with E-state index in [0.717, 1.165) is 49.3 Å². The molecule has 0 heterocycles. The Labute approximate surface area is 114 Å². The molecule has 1 aromatic carbocycles. The Hall–Kier alpha value is -1.26. The zero-order chi connectivity index (χ0) is 13.7. The number of hydrogen-bond donors (Lipinski definition) is 2. The standard InChI is InChI=1S/C15H23NO3/c1-18-14-6-11(7-15(9-14)19-2)10-16-12-4-3-5-13(17)8-12/h6-7,9,12-13,16-17H,3-5,8,10H2,1-2H3. The van der Waals surface area contributed by atoms with Gasteiger partial charge in [0.15, 0.2) is 0 Å². The van der Waals surface area contributed by atoms with Crippen molar-refractivity contribution >= 4 is 0 Å². The first kappa shape index (κ1) is 14.2. The zero-order valence-electron chi connectivity index (χ0n) is 11.7. The maximum atomic E-state index is 9.66. The van der Waals surface area contributed by atoms with E-state index in [9.17, 15) is 5.11 Å². The summed E-state index contributed by atoms with van der Waals surface area (Å²) in [4.78, 5) is 0. The van der Waals surface area contributed by atoms with Gasteiger partial charge in [-0.1, -0.05) is 0 Å². The minimum absolute atomic E-state index is 0.147. The summed E-state index contributed by atoms with van der Waals surface area (Å²) in [5.74, 6) is 1.61. The first-order valence-corrected chi connectivity index (χ1v) is 6.84. The maximum absolute atomic E-state index is 9.66. The van der Waals surface area contributed by atoms with Gasteiger partial charge in [-0.25, -0.2) is 0 Å². The lowest BCUT2D eigenvalue weighted by Crippen LogP contribution is -2.35. The highest BCUT2D eigenvalue weighted by Gasteiger charge is 2.19. The zero-order valence-corrected chi connectivity index (χ0v) is 11.7. The van der Waals surface area contributed by atoms with Gasteiger partial charge in [-0.3, -0.25) is 0 Å². The van der Waals surface area contributed by atoms with Crippen LogP contribution < -0.4 is 14.8 Å². The molecule has 0 aromatic heterocycles. The van der Waals surface area contributed by atoms with E-state index in [1.165, 1.54) is 0 Å². The molecule has 1 fully saturated rings. The van der Waals surface area contributed by atoms with Crippen LogP contribution in [-0.4, -0.2) is 31.5 Å². The Bertz CT molecular complexity index is 386. The second-order valence-corrected chi connectivity index (χ2v) is 5.12. The van der Waals surface area contributed by atoms with Crippen LogP contribution in [0.25, 0.3) is 0 Å². The van der Waals surface area contributed by atoms with Crippen LogP contribution in [0.3, 0.4) is 0 Å². The van der Waals surface area contributed by atoms with Crippen LogP contribution in [0.2, 0.25) is 0 Å². The average molecular weight is 265 g/mol. The van der Waals surface area contributed by atoms with Crippen molar-refractivity contribution in [3.63, 3.8) is 0 Å². The van der Waals surface area contributed by atoms with Crippen molar-refractivity contribution in [3.8, 4) is 11.5 Å². The Kier molecular flexibility index (Phi) is 5.05. The summed E-state index contributed by atoms with van der Waals surface area (Å²) in [5, 5.41) is 13.2. The highest BCUT2D eigenvalue weighted by atomic mass is 16.5. The first-order chi connectivity index (χ1) is 9.21. The molecule has 1 aliphatic rings. The van der Waals surface area contributed by atoms with Crippen LogP contribution in [0, 0.1) is 0 Å². The molecule has 4 nitrogen and oxygen atoms in total. The Morgan fingerprint density at radius 1 is 1.16 bits per heavy atom. The molecule has 2 rings (SSSR count). The van der Waals surface area contributed by atoms with Crippen molar-refractivity contribution in [3.05, 3.63) is 23.8 Å². The summed E-state index contributed by atoms with van der Waals surface area (Å²) in [6.07, 6.45) is 3.87. The number of nitrogens with one attached hydrogen (secondary N) is 1. The van der Waals surface area contributed by atoms with Crippen LogP contribution in [0.5, 0.6) is 11.5 Å². The molecule has 0 spiro atoms. The lowest BCUT2D eigenvalue weighted by atomic mass is 9.93. The fourth-order valence-electron chi connectivity index (χ4n) is 2.58. The van der Waals surface area contributed by atoms with E-state index >= 15 is 0 Å². The van der Waals surface area contributed by atoms with Gasteiger partial charge in [0.05, 0.1) is 20.3 Å². The molecule has 0 saturated heterocycles. The number of benzene rings is 1. The van der Waals surface area contributed by atoms with E-state index in [0.29, 0.717) is 6.04 Å². The van der Waals surface area contributed by atoms with Gasteiger partial charge in [0, 0.05) is 18.7 Å². The lowest BCUT2D eigenvalue weighted by Gasteiger charge is -2.26. The molecule has 1 aliphatic carbocycles. The van der Waals surface area contributed by atoms with E-state index in [4.69, 9.17) is 9.47 Å². The third kappa shape index (κ3) is 4.11. The van der Waals surface area contributed by atoms with Gasteiger partial charge >= 0.3 is 0 Å². The topological polar surface area (TPSA) is 50.7 Å². The highest BCUT2D eigenvalue weighted by Crippen LogP contribution is 2.23. The largest absolute Gasteiger partial charge is 0.497 e. The minimum atomic E-state index is -0.147. The number of ether oxygens (including phenoxy) is 2. The molecule has 4 heteroatoms. The summed E-state index contributed by atoms with van der Waals surface area (Å²) < 4.78 is 10.5. The fourth-order valence-corrected chi connectivity index (χ4v) is 2.58. The summed E-state index contributed by atoms with van der Waals surface area (Å²) in [6.45, 7) is 0.769. The third-order valence-corrected chi connectivity index (χ3v) is 3.65. The predicted octanol–water partition coefficient (Wildman–Crippen LogP) is 2.10. The SMILES string of the molecule is COc1cc(CNC2CCCC(O)C2)cc(OC)c1. The number of hydrogen-bond acceptors (Lipinski definition) is 4. The molecule has 0 amide bonds. The first-order valence-electron chi connectivity index (χ1n) is 6.84. The van der Waals surface area contributed by atoms with Crippen molar-refractivity contribution in [2.45, 2.75) is 44.4 Å². The second kappa shape index (κ2) is 6.78. The highest BCUT2D eigenvalue weighted by molar-refractivity contribution is 5.38. The van der Waals surface area contributed by atoms with Crippen LogP contribution >= 0.6 is 0 Å². The van der Waals surface area contributed by atoms with Crippen LogP contribution in [0.4, 0.5) is 0 Å². The van der Waals surface area contributed by atoms with E-state index < -0.39 is 0 Å². The normalized spacial score (nSPS) is 23.1. The average Bonchev–Trinajstić information content (AvgIpc) is 2.44. The van der Waals surface area contributed by atoms with Gasteiger partial charge in [-0.2, -0.15) is 0 Å². The molecular formula is C15H23NO3. The molecule has 106 valence electrons. The van der Waals surface area contributed by atoms with Crippen LogP contribution in [-0.2, 0) is 6.54 Å². The molecule has 19 heavy (non-hydrogen) atoms. The monoisotopic (exact) mass is 265 g/mol. The van der Waals surface area contributed by atoms with Gasteiger partial charge in [-0.05, 0) is 43.4 Å². The Morgan fingerprint density at radius 2 is 1.84 bits per heavy atom. The van der Waals surface area contributed by atoms with Gasteiger partial charge in [0.2, 0.25) is 0 Å². The summed E-state index contributed by atoms with van der Waals surface area (Å²) >= 11 is 0. The summed E-state index contributed by atoms with van der Waals surface area (Å²) in [5.41, 5.74) is 1.14. The third-order valence-electron chi connectivity index (χ3n) is 3.65. The number of aliphatic hydroxyl groups excluding tert-OH is 1. The molecule has 0 aliphatic heterocycles. The molecule has 1 saturated carbocycles. The van der Waals surface area contributed by atoms with Crippen molar-refractivity contribution in [1.82, 2.24) is 5.32 Å². The fraction of sp³-hybridized carbons (Fsp3) is 0.600. The second-order valence-electron chi connectivity index (χ2n) is 5.12. The lowest BCUT2D eigenvalue weighted by molar-refractivity contribution is 0.111. The smallest absolute Gasteiger partial charge is 0.122 e. The maximum Gasteiger partial charge on any atom is 0.122 e. The van der Waals surface area contributed by atoms with E-state index in [-0.39, 0.29) is 6.10 Å². The minimum Gasteiger partial charge on any atom is -0.497 e. The van der Waals surface area contributed by atoms with Crippen molar-refractivity contribution < 1.29 is 14.6 Å². The summed E-state index contributed by atoms with van der Waals surface area (Å²) in [7, 11) is 3.31. The summed E-state index contributed by atoms with van der Waals surface area (Å²) in [6, 6.07) is 6.29. The number of aliphatic hydroxyl groups is 1. The quantitative estimate of drug-likeness (QED) is 0.856. The molecule has 0 radical (unpaired) electrons. The van der Waals surface area contributed by atoms with Crippen LogP contribution in [0.15, 0.2) is 18.2 Å². The van der Waals surface area contributed by atoms with Gasteiger partial charge in [-0.15, -0.1) is 0 Å². The molecule has 2 unspecified atom stereocenters. The number of methoxy groups -OCH3 is 2.